The molecule has 1 N–H and O–H groups in total. The third-order valence-electron chi connectivity index (χ3n) is 3.78. The van der Waals surface area contributed by atoms with Gasteiger partial charge in [0.25, 0.3) is 5.89 Å². The second-order valence-electron chi connectivity index (χ2n) is 5.69. The van der Waals surface area contributed by atoms with E-state index in [-0.39, 0.29) is 18.2 Å². The third-order valence-corrected chi connectivity index (χ3v) is 3.78. The molecular formula is C19H15N3O4. The fourth-order valence-electron chi connectivity index (χ4n) is 2.55. The highest BCUT2D eigenvalue weighted by Gasteiger charge is 2.08. The van der Waals surface area contributed by atoms with E-state index >= 15 is 0 Å². The molecule has 0 saturated carbocycles. The SMILES string of the molecule is Cc1cc(=O)oc2cc(OCc3nnc(Nc4ccccc4)o3)ccc12. The maximum absolute atomic E-state index is 11.5. The van der Waals surface area contributed by atoms with Crippen LogP contribution in [0.5, 0.6) is 5.75 Å². The summed E-state index contributed by atoms with van der Waals surface area (Å²) < 4.78 is 16.4. The van der Waals surface area contributed by atoms with Crippen molar-refractivity contribution >= 4 is 22.7 Å². The van der Waals surface area contributed by atoms with Crippen LogP contribution in [-0.2, 0) is 6.61 Å². The largest absolute Gasteiger partial charge is 0.484 e. The fourth-order valence-corrected chi connectivity index (χ4v) is 2.55. The molecule has 26 heavy (non-hydrogen) atoms. The minimum Gasteiger partial charge on any atom is -0.484 e. The van der Waals surface area contributed by atoms with Crippen molar-refractivity contribution in [1.82, 2.24) is 10.2 Å². The molecule has 0 saturated heterocycles. The van der Waals surface area contributed by atoms with E-state index < -0.39 is 0 Å². The van der Waals surface area contributed by atoms with Crippen LogP contribution in [-0.4, -0.2) is 10.2 Å². The third kappa shape index (κ3) is 3.41. The number of hydrogen-bond acceptors (Lipinski definition) is 7. The van der Waals surface area contributed by atoms with Crippen LogP contribution in [0.4, 0.5) is 11.7 Å². The van der Waals surface area contributed by atoms with Crippen LogP contribution in [0, 0.1) is 6.92 Å². The first-order valence-corrected chi connectivity index (χ1v) is 7.99. The molecule has 2 aromatic carbocycles. The number of ether oxygens (including phenoxy) is 1. The van der Waals surface area contributed by atoms with E-state index in [1.807, 2.05) is 43.3 Å². The zero-order valence-electron chi connectivity index (χ0n) is 13.9. The van der Waals surface area contributed by atoms with Gasteiger partial charge in [-0.15, -0.1) is 5.10 Å². The molecule has 0 aliphatic carbocycles. The second kappa shape index (κ2) is 6.72. The Bertz CT molecular complexity index is 1100. The van der Waals surface area contributed by atoms with E-state index in [1.165, 1.54) is 6.07 Å². The number of aryl methyl sites for hydroxylation is 1. The van der Waals surface area contributed by atoms with Gasteiger partial charge < -0.3 is 18.9 Å². The molecule has 4 rings (SSSR count). The minimum atomic E-state index is -0.388. The zero-order chi connectivity index (χ0) is 17.9. The molecule has 2 heterocycles. The Morgan fingerprint density at radius 1 is 1.04 bits per heavy atom. The number of para-hydroxylation sites is 1. The molecule has 0 radical (unpaired) electrons. The van der Waals surface area contributed by atoms with Crippen molar-refractivity contribution in [2.75, 3.05) is 5.32 Å². The van der Waals surface area contributed by atoms with Crippen molar-refractivity contribution < 1.29 is 13.6 Å². The van der Waals surface area contributed by atoms with Gasteiger partial charge >= 0.3 is 11.6 Å². The van der Waals surface area contributed by atoms with Crippen molar-refractivity contribution in [2.45, 2.75) is 13.5 Å². The molecule has 2 aromatic heterocycles. The van der Waals surface area contributed by atoms with Crippen molar-refractivity contribution in [3.8, 4) is 5.75 Å². The highest BCUT2D eigenvalue weighted by molar-refractivity contribution is 5.81. The molecule has 0 atom stereocenters. The maximum atomic E-state index is 11.5. The Hall–Kier alpha value is -3.61. The fraction of sp³-hybridized carbons (Fsp3) is 0.105. The summed E-state index contributed by atoms with van der Waals surface area (Å²) in [5.41, 5.74) is 1.80. The summed E-state index contributed by atoms with van der Waals surface area (Å²) in [6.45, 7) is 1.96. The summed E-state index contributed by atoms with van der Waals surface area (Å²) in [4.78, 5) is 11.5. The zero-order valence-corrected chi connectivity index (χ0v) is 13.9. The van der Waals surface area contributed by atoms with Crippen molar-refractivity contribution in [3.63, 3.8) is 0 Å². The molecule has 0 spiro atoms. The lowest BCUT2D eigenvalue weighted by Crippen LogP contribution is -1.99. The summed E-state index contributed by atoms with van der Waals surface area (Å²) in [5.74, 6) is 0.872. The van der Waals surface area contributed by atoms with Gasteiger partial charge in [-0.05, 0) is 36.8 Å². The summed E-state index contributed by atoms with van der Waals surface area (Å²) in [6, 6.07) is 16.6. The van der Waals surface area contributed by atoms with Crippen LogP contribution in [0.3, 0.4) is 0 Å². The standard InChI is InChI=1S/C19H15N3O4/c1-12-9-18(23)25-16-10-14(7-8-15(12)16)24-11-17-21-22-19(26-17)20-13-5-3-2-4-6-13/h2-10H,11H2,1H3,(H,20,22). The number of nitrogens with one attached hydrogen (secondary N) is 1. The van der Waals surface area contributed by atoms with Gasteiger partial charge in [0, 0.05) is 23.2 Å². The molecule has 0 aliphatic rings. The molecule has 7 heteroatoms. The smallest absolute Gasteiger partial charge is 0.336 e. The van der Waals surface area contributed by atoms with Gasteiger partial charge in [-0.1, -0.05) is 23.3 Å². The molecule has 4 aromatic rings. The van der Waals surface area contributed by atoms with Crippen LogP contribution in [0.25, 0.3) is 11.0 Å². The first-order chi connectivity index (χ1) is 12.7. The van der Waals surface area contributed by atoms with Crippen LogP contribution in [0.1, 0.15) is 11.5 Å². The number of anilines is 2. The number of rotatable bonds is 5. The number of fused-ring (bicyclic) bond motifs is 1. The molecule has 0 aliphatic heterocycles. The lowest BCUT2D eigenvalue weighted by atomic mass is 10.1. The Labute approximate surface area is 148 Å². The average Bonchev–Trinajstić information content (AvgIpc) is 3.08. The summed E-state index contributed by atoms with van der Waals surface area (Å²) in [5, 5.41) is 11.7. The lowest BCUT2D eigenvalue weighted by molar-refractivity contribution is 0.265. The average molecular weight is 349 g/mol. The first-order valence-electron chi connectivity index (χ1n) is 7.99. The second-order valence-corrected chi connectivity index (χ2v) is 5.69. The van der Waals surface area contributed by atoms with Crippen LogP contribution < -0.4 is 15.7 Å². The van der Waals surface area contributed by atoms with E-state index in [2.05, 4.69) is 15.5 Å². The summed E-state index contributed by atoms with van der Waals surface area (Å²) >= 11 is 0. The van der Waals surface area contributed by atoms with Crippen molar-refractivity contribution in [3.05, 3.63) is 76.5 Å². The summed E-state index contributed by atoms with van der Waals surface area (Å²) in [7, 11) is 0. The first kappa shape index (κ1) is 15.9. The lowest BCUT2D eigenvalue weighted by Gasteiger charge is -2.05. The number of hydrogen-bond donors (Lipinski definition) is 1. The van der Waals surface area contributed by atoms with Gasteiger partial charge in [-0.3, -0.25) is 0 Å². The van der Waals surface area contributed by atoms with E-state index in [0.29, 0.717) is 17.2 Å². The van der Waals surface area contributed by atoms with Crippen LogP contribution >= 0.6 is 0 Å². The quantitative estimate of drug-likeness (QED) is 0.548. The van der Waals surface area contributed by atoms with Gasteiger partial charge in [0.15, 0.2) is 6.61 Å². The molecule has 0 bridgehead atoms. The Morgan fingerprint density at radius 2 is 1.88 bits per heavy atom. The Kier molecular flexibility index (Phi) is 4.10. The molecule has 0 fully saturated rings. The number of benzene rings is 2. The van der Waals surface area contributed by atoms with E-state index in [1.54, 1.807) is 12.1 Å². The highest BCUT2D eigenvalue weighted by Crippen LogP contribution is 2.23. The predicted octanol–water partition coefficient (Wildman–Crippen LogP) is 3.81. The number of aromatic nitrogens is 2. The van der Waals surface area contributed by atoms with E-state index in [4.69, 9.17) is 13.6 Å². The predicted molar refractivity (Wildman–Crippen MR) is 95.6 cm³/mol. The minimum absolute atomic E-state index is 0.102. The van der Waals surface area contributed by atoms with Crippen molar-refractivity contribution in [1.29, 1.82) is 0 Å². The maximum Gasteiger partial charge on any atom is 0.336 e. The van der Waals surface area contributed by atoms with E-state index in [0.717, 1.165) is 16.6 Å². The van der Waals surface area contributed by atoms with Gasteiger partial charge in [0.05, 0.1) is 0 Å². The normalized spacial score (nSPS) is 10.8. The van der Waals surface area contributed by atoms with Gasteiger partial charge in [-0.25, -0.2) is 4.79 Å². The topological polar surface area (TPSA) is 90.4 Å². The summed E-state index contributed by atoms with van der Waals surface area (Å²) in [6.07, 6.45) is 0. The Balaban J connectivity index is 1.46. The van der Waals surface area contributed by atoms with Crippen LogP contribution in [0.2, 0.25) is 0 Å². The molecule has 130 valence electrons. The van der Waals surface area contributed by atoms with Gasteiger partial charge in [-0.2, -0.15) is 0 Å². The van der Waals surface area contributed by atoms with Gasteiger partial charge in [0.2, 0.25) is 0 Å². The van der Waals surface area contributed by atoms with Crippen LogP contribution in [0.15, 0.2) is 68.2 Å². The molecular weight excluding hydrogens is 334 g/mol. The number of nitrogens with zero attached hydrogens (tertiary/aromatic N) is 2. The molecule has 7 nitrogen and oxygen atoms in total. The molecule has 0 unspecified atom stereocenters. The van der Waals surface area contributed by atoms with E-state index in [9.17, 15) is 4.79 Å². The van der Waals surface area contributed by atoms with Gasteiger partial charge in [0.1, 0.15) is 11.3 Å². The Morgan fingerprint density at radius 3 is 2.73 bits per heavy atom. The highest BCUT2D eigenvalue weighted by atomic mass is 16.5. The molecule has 0 amide bonds. The van der Waals surface area contributed by atoms with Crippen molar-refractivity contribution in [2.24, 2.45) is 0 Å². The monoisotopic (exact) mass is 349 g/mol.